The zero-order valence-electron chi connectivity index (χ0n) is 20.1. The summed E-state index contributed by atoms with van der Waals surface area (Å²) in [5, 5.41) is 12.2. The Kier molecular flexibility index (Phi) is 5.30. The lowest BCUT2D eigenvalue weighted by molar-refractivity contribution is -0.123. The van der Waals surface area contributed by atoms with Crippen LogP contribution in [-0.2, 0) is 4.79 Å². The summed E-state index contributed by atoms with van der Waals surface area (Å²) >= 11 is 1.57. The van der Waals surface area contributed by atoms with Crippen LogP contribution in [0.4, 0.5) is 10.1 Å². The Hall–Kier alpha value is -4.51. The average Bonchev–Trinajstić information content (AvgIpc) is 3.63. The molecule has 0 bridgehead atoms. The minimum absolute atomic E-state index is 0.0894. The summed E-state index contributed by atoms with van der Waals surface area (Å²) < 4.78 is 16.0. The molecule has 1 amide bonds. The summed E-state index contributed by atoms with van der Waals surface area (Å²) in [7, 11) is 0. The molecule has 6 aromatic heterocycles. The van der Waals surface area contributed by atoms with Gasteiger partial charge in [-0.1, -0.05) is 26.8 Å². The number of hydrogen-bond donors (Lipinski definition) is 3. The van der Waals surface area contributed by atoms with Crippen molar-refractivity contribution in [1.82, 2.24) is 35.1 Å². The first-order valence-corrected chi connectivity index (χ1v) is 12.4. The Bertz CT molecular complexity index is 1780. The maximum absolute atomic E-state index is 16.0. The van der Waals surface area contributed by atoms with E-state index in [0.29, 0.717) is 33.8 Å². The molecular weight excluding hydrogens is 491 g/mol. The first-order valence-electron chi connectivity index (χ1n) is 11.5. The number of carbonyl (C=O) groups is 1. The molecule has 6 heterocycles. The van der Waals surface area contributed by atoms with E-state index in [0.717, 1.165) is 16.1 Å². The lowest BCUT2D eigenvalue weighted by Gasteiger charge is -2.17. The number of thiophene rings is 1. The van der Waals surface area contributed by atoms with E-state index in [1.54, 1.807) is 23.6 Å². The van der Waals surface area contributed by atoms with E-state index in [1.165, 1.54) is 18.6 Å². The van der Waals surface area contributed by atoms with Gasteiger partial charge in [0, 0.05) is 23.4 Å². The zero-order chi connectivity index (χ0) is 25.7. The minimum Gasteiger partial charge on any atom is -0.336 e. The van der Waals surface area contributed by atoms with Gasteiger partial charge >= 0.3 is 0 Å². The van der Waals surface area contributed by atoms with Crippen molar-refractivity contribution >= 4 is 44.9 Å². The van der Waals surface area contributed by atoms with Gasteiger partial charge in [-0.05, 0) is 23.6 Å². The van der Waals surface area contributed by atoms with Crippen molar-refractivity contribution in [2.24, 2.45) is 5.41 Å². The fourth-order valence-corrected chi connectivity index (χ4v) is 4.67. The van der Waals surface area contributed by atoms with E-state index >= 15 is 4.39 Å². The molecule has 0 aliphatic rings. The number of hydrogen-bond acceptors (Lipinski definition) is 7. The number of carbonyl (C=O) groups excluding carboxylic acids is 1. The molecule has 6 rings (SSSR count). The molecule has 0 aromatic carbocycles. The van der Waals surface area contributed by atoms with Crippen molar-refractivity contribution < 1.29 is 9.18 Å². The SMILES string of the molecule is CC(C)(C)C(=O)Nc1cncc(-c2ncc3[nH]nc(-c4nc5c(-c6cccs6)nccc5[nH]4)c3c2F)c1. The minimum atomic E-state index is -0.588. The second kappa shape index (κ2) is 8.56. The van der Waals surface area contributed by atoms with Crippen molar-refractivity contribution in [3.8, 4) is 33.3 Å². The quantitative estimate of drug-likeness (QED) is 0.274. The molecular formula is C26H21FN8OS. The summed E-state index contributed by atoms with van der Waals surface area (Å²) in [6.45, 7) is 5.44. The number of amides is 1. The van der Waals surface area contributed by atoms with E-state index in [4.69, 9.17) is 4.98 Å². The molecule has 184 valence electrons. The predicted octanol–water partition coefficient (Wildman–Crippen LogP) is 5.81. The Labute approximate surface area is 214 Å². The van der Waals surface area contributed by atoms with Crippen molar-refractivity contribution in [3.63, 3.8) is 0 Å². The maximum Gasteiger partial charge on any atom is 0.229 e. The number of pyridine rings is 3. The van der Waals surface area contributed by atoms with Crippen LogP contribution in [0.5, 0.6) is 0 Å². The molecule has 6 aromatic rings. The standard InChI is InChI=1S/C26H21FN8OS/c1-26(2,3)25(36)31-14-9-13(10-28-11-14)20-19(27)18-16(12-30-20)34-35-23(18)24-32-15-6-7-29-22(21(15)33-24)17-5-4-8-37-17/h4-12H,1-3H3,(H,31,36)(H,32,33)(H,34,35). The van der Waals surface area contributed by atoms with E-state index in [1.807, 2.05) is 44.4 Å². The second-order valence-electron chi connectivity index (χ2n) is 9.57. The summed E-state index contributed by atoms with van der Waals surface area (Å²) in [6, 6.07) is 7.41. The molecule has 0 fully saturated rings. The number of H-pyrrole nitrogens is 2. The lowest BCUT2D eigenvalue weighted by atomic mass is 9.95. The Balaban J connectivity index is 1.44. The van der Waals surface area contributed by atoms with E-state index in [9.17, 15) is 4.79 Å². The lowest BCUT2D eigenvalue weighted by Crippen LogP contribution is -2.27. The highest BCUT2D eigenvalue weighted by Crippen LogP contribution is 2.35. The Morgan fingerprint density at radius 3 is 2.70 bits per heavy atom. The van der Waals surface area contributed by atoms with Gasteiger partial charge < -0.3 is 10.3 Å². The van der Waals surface area contributed by atoms with Crippen LogP contribution < -0.4 is 5.32 Å². The fourth-order valence-electron chi connectivity index (χ4n) is 3.95. The molecule has 11 heteroatoms. The number of anilines is 1. The topological polar surface area (TPSA) is 125 Å². The van der Waals surface area contributed by atoms with Crippen LogP contribution in [0, 0.1) is 11.2 Å². The van der Waals surface area contributed by atoms with Crippen molar-refractivity contribution in [3.05, 3.63) is 60.3 Å². The number of nitrogens with one attached hydrogen (secondary N) is 3. The molecule has 0 saturated heterocycles. The van der Waals surface area contributed by atoms with Crippen LogP contribution in [-0.4, -0.2) is 41.0 Å². The highest BCUT2D eigenvalue weighted by molar-refractivity contribution is 7.13. The number of nitrogens with zero attached hydrogens (tertiary/aromatic N) is 5. The Morgan fingerprint density at radius 2 is 1.92 bits per heavy atom. The monoisotopic (exact) mass is 512 g/mol. The van der Waals surface area contributed by atoms with Gasteiger partial charge in [0.15, 0.2) is 11.6 Å². The second-order valence-corrected chi connectivity index (χ2v) is 10.5. The third-order valence-electron chi connectivity index (χ3n) is 5.87. The molecule has 37 heavy (non-hydrogen) atoms. The van der Waals surface area contributed by atoms with Gasteiger partial charge in [0.2, 0.25) is 5.91 Å². The summed E-state index contributed by atoms with van der Waals surface area (Å²) in [6.07, 6.45) is 6.25. The fraction of sp³-hybridized carbons (Fsp3) is 0.154. The molecule has 0 spiro atoms. The Morgan fingerprint density at radius 1 is 1.05 bits per heavy atom. The summed E-state index contributed by atoms with van der Waals surface area (Å²) in [4.78, 5) is 34.4. The van der Waals surface area contributed by atoms with Crippen LogP contribution in [0.3, 0.4) is 0 Å². The summed E-state index contributed by atoms with van der Waals surface area (Å²) in [5.41, 5.74) is 3.33. The highest BCUT2D eigenvalue weighted by atomic mass is 32.1. The van der Waals surface area contributed by atoms with Crippen molar-refractivity contribution in [2.45, 2.75) is 20.8 Å². The van der Waals surface area contributed by atoms with E-state index in [2.05, 4.69) is 35.5 Å². The molecule has 0 aliphatic carbocycles. The first kappa shape index (κ1) is 22.9. The third-order valence-corrected chi connectivity index (χ3v) is 6.75. The smallest absolute Gasteiger partial charge is 0.229 e. The first-order chi connectivity index (χ1) is 17.8. The molecule has 0 aliphatic heterocycles. The third kappa shape index (κ3) is 4.02. The number of aromatic nitrogens is 7. The normalized spacial score (nSPS) is 11.9. The number of rotatable bonds is 4. The van der Waals surface area contributed by atoms with Gasteiger partial charge in [-0.3, -0.25) is 24.8 Å². The molecule has 0 saturated carbocycles. The number of aromatic amines is 2. The summed E-state index contributed by atoms with van der Waals surface area (Å²) in [5.74, 6) is -0.333. The van der Waals surface area contributed by atoms with Gasteiger partial charge in [-0.25, -0.2) is 9.37 Å². The van der Waals surface area contributed by atoms with Gasteiger partial charge in [0.05, 0.1) is 39.4 Å². The molecule has 0 radical (unpaired) electrons. The molecule has 0 atom stereocenters. The zero-order valence-corrected chi connectivity index (χ0v) is 20.9. The van der Waals surface area contributed by atoms with Crippen molar-refractivity contribution in [1.29, 1.82) is 0 Å². The van der Waals surface area contributed by atoms with Crippen LogP contribution in [0.2, 0.25) is 0 Å². The van der Waals surface area contributed by atoms with E-state index < -0.39 is 11.2 Å². The van der Waals surface area contributed by atoms with Crippen LogP contribution in [0.25, 0.3) is 55.3 Å². The van der Waals surface area contributed by atoms with E-state index in [-0.39, 0.29) is 17.0 Å². The van der Waals surface area contributed by atoms with Crippen LogP contribution >= 0.6 is 11.3 Å². The van der Waals surface area contributed by atoms with Crippen LogP contribution in [0.15, 0.2) is 54.4 Å². The van der Waals surface area contributed by atoms with Gasteiger partial charge in [-0.2, -0.15) is 5.10 Å². The molecule has 9 nitrogen and oxygen atoms in total. The van der Waals surface area contributed by atoms with Crippen molar-refractivity contribution in [2.75, 3.05) is 5.32 Å². The maximum atomic E-state index is 16.0. The molecule has 0 unspecified atom stereocenters. The predicted molar refractivity (Wildman–Crippen MR) is 141 cm³/mol. The number of imidazole rings is 1. The van der Waals surface area contributed by atoms with Gasteiger partial charge in [0.25, 0.3) is 0 Å². The highest BCUT2D eigenvalue weighted by Gasteiger charge is 2.23. The van der Waals surface area contributed by atoms with Crippen LogP contribution in [0.1, 0.15) is 20.8 Å². The average molecular weight is 513 g/mol. The molecule has 3 N–H and O–H groups in total. The number of halogens is 1. The largest absolute Gasteiger partial charge is 0.336 e. The van der Waals surface area contributed by atoms with Gasteiger partial charge in [-0.15, -0.1) is 11.3 Å². The number of fused-ring (bicyclic) bond motifs is 2. The van der Waals surface area contributed by atoms with Gasteiger partial charge in [0.1, 0.15) is 22.6 Å².